The number of hydrogen-bond donors (Lipinski definition) is 1. The van der Waals surface area contributed by atoms with Crippen molar-refractivity contribution in [1.82, 2.24) is 4.90 Å². The molecule has 0 aliphatic heterocycles. The first kappa shape index (κ1) is 13.2. The summed E-state index contributed by atoms with van der Waals surface area (Å²) in [7, 11) is 0. The van der Waals surface area contributed by atoms with E-state index in [1.54, 1.807) is 0 Å². The summed E-state index contributed by atoms with van der Waals surface area (Å²) in [6.45, 7) is 8.40. The molecule has 1 aromatic rings. The van der Waals surface area contributed by atoms with Gasteiger partial charge < -0.3 is 5.73 Å². The standard InChI is InChI=1S/C14H24N2/c1-4-14(13-8-6-5-7-9-13)16(11-10-15)12(2)3/h5-9,12,14H,4,10-11,15H2,1-3H3/t14-/m0/s1. The van der Waals surface area contributed by atoms with Gasteiger partial charge in [0.25, 0.3) is 0 Å². The molecular formula is C14H24N2. The molecule has 0 aliphatic rings. The Morgan fingerprint density at radius 1 is 1.19 bits per heavy atom. The van der Waals surface area contributed by atoms with Gasteiger partial charge in [0.15, 0.2) is 0 Å². The SMILES string of the molecule is CC[C@@H](c1ccccc1)N(CCN)C(C)C. The van der Waals surface area contributed by atoms with Crippen LogP contribution in [0.25, 0.3) is 0 Å². The van der Waals surface area contributed by atoms with Crippen LogP contribution in [0.15, 0.2) is 30.3 Å². The molecule has 1 rings (SSSR count). The molecule has 0 saturated carbocycles. The van der Waals surface area contributed by atoms with Crippen molar-refractivity contribution in [3.63, 3.8) is 0 Å². The van der Waals surface area contributed by atoms with E-state index >= 15 is 0 Å². The van der Waals surface area contributed by atoms with Gasteiger partial charge in [0, 0.05) is 25.2 Å². The van der Waals surface area contributed by atoms with Gasteiger partial charge in [-0.15, -0.1) is 0 Å². The Morgan fingerprint density at radius 3 is 2.25 bits per heavy atom. The van der Waals surface area contributed by atoms with Crippen LogP contribution < -0.4 is 5.73 Å². The fourth-order valence-corrected chi connectivity index (χ4v) is 2.26. The van der Waals surface area contributed by atoms with Crippen molar-refractivity contribution in [2.24, 2.45) is 5.73 Å². The number of rotatable bonds is 6. The second kappa shape index (κ2) is 6.66. The molecule has 2 heteroatoms. The van der Waals surface area contributed by atoms with Gasteiger partial charge in [-0.25, -0.2) is 0 Å². The lowest BCUT2D eigenvalue weighted by Crippen LogP contribution is -2.38. The molecule has 2 N–H and O–H groups in total. The van der Waals surface area contributed by atoms with E-state index in [9.17, 15) is 0 Å². The Kier molecular flexibility index (Phi) is 5.50. The predicted octanol–water partition coefficient (Wildman–Crippen LogP) is 2.81. The largest absolute Gasteiger partial charge is 0.329 e. The Balaban J connectivity index is 2.86. The van der Waals surface area contributed by atoms with Crippen LogP contribution in [-0.4, -0.2) is 24.0 Å². The highest BCUT2D eigenvalue weighted by molar-refractivity contribution is 5.19. The van der Waals surface area contributed by atoms with E-state index in [1.165, 1.54) is 5.56 Å². The Morgan fingerprint density at radius 2 is 1.81 bits per heavy atom. The van der Waals surface area contributed by atoms with Crippen LogP contribution in [0, 0.1) is 0 Å². The first-order valence-electron chi connectivity index (χ1n) is 6.21. The lowest BCUT2D eigenvalue weighted by molar-refractivity contribution is 0.154. The molecule has 0 radical (unpaired) electrons. The smallest absolute Gasteiger partial charge is 0.0348 e. The number of benzene rings is 1. The Hall–Kier alpha value is -0.860. The average molecular weight is 220 g/mol. The van der Waals surface area contributed by atoms with Gasteiger partial charge in [0.1, 0.15) is 0 Å². The van der Waals surface area contributed by atoms with Gasteiger partial charge in [0.05, 0.1) is 0 Å². The summed E-state index contributed by atoms with van der Waals surface area (Å²) >= 11 is 0. The van der Waals surface area contributed by atoms with Gasteiger partial charge in [-0.05, 0) is 25.8 Å². The van der Waals surface area contributed by atoms with Crippen molar-refractivity contribution >= 4 is 0 Å². The van der Waals surface area contributed by atoms with Gasteiger partial charge in [-0.2, -0.15) is 0 Å². The molecule has 0 aromatic heterocycles. The fraction of sp³-hybridized carbons (Fsp3) is 0.571. The van der Waals surface area contributed by atoms with Crippen molar-refractivity contribution in [2.45, 2.75) is 39.3 Å². The minimum atomic E-state index is 0.491. The lowest BCUT2D eigenvalue weighted by Gasteiger charge is -2.34. The Bertz CT molecular complexity index is 282. The zero-order chi connectivity index (χ0) is 12.0. The van der Waals surface area contributed by atoms with Gasteiger partial charge in [-0.3, -0.25) is 4.90 Å². The summed E-state index contributed by atoms with van der Waals surface area (Å²) in [5, 5.41) is 0. The van der Waals surface area contributed by atoms with Crippen molar-refractivity contribution in [3.8, 4) is 0 Å². The maximum Gasteiger partial charge on any atom is 0.0348 e. The molecule has 1 atom stereocenters. The first-order chi connectivity index (χ1) is 7.70. The van der Waals surface area contributed by atoms with Crippen molar-refractivity contribution in [3.05, 3.63) is 35.9 Å². The monoisotopic (exact) mass is 220 g/mol. The molecule has 0 aliphatic carbocycles. The molecule has 0 heterocycles. The topological polar surface area (TPSA) is 29.3 Å². The number of hydrogen-bond acceptors (Lipinski definition) is 2. The third-order valence-electron chi connectivity index (χ3n) is 3.02. The van der Waals surface area contributed by atoms with Gasteiger partial charge >= 0.3 is 0 Å². The molecule has 0 fully saturated rings. The summed E-state index contributed by atoms with van der Waals surface area (Å²) in [6.07, 6.45) is 1.13. The van der Waals surface area contributed by atoms with Gasteiger partial charge in [0.2, 0.25) is 0 Å². The molecule has 0 bridgehead atoms. The maximum absolute atomic E-state index is 5.70. The first-order valence-corrected chi connectivity index (χ1v) is 6.21. The second-order valence-corrected chi connectivity index (χ2v) is 4.45. The van der Waals surface area contributed by atoms with Crippen LogP contribution >= 0.6 is 0 Å². The number of nitrogens with two attached hydrogens (primary N) is 1. The molecule has 16 heavy (non-hydrogen) atoms. The average Bonchev–Trinajstić information content (AvgIpc) is 2.30. The molecule has 1 aromatic carbocycles. The summed E-state index contributed by atoms with van der Waals surface area (Å²) in [6, 6.07) is 11.7. The van der Waals surface area contributed by atoms with Crippen LogP contribution in [0.3, 0.4) is 0 Å². The molecule has 2 nitrogen and oxygen atoms in total. The maximum atomic E-state index is 5.70. The van der Waals surface area contributed by atoms with Crippen LogP contribution in [-0.2, 0) is 0 Å². The highest BCUT2D eigenvalue weighted by Gasteiger charge is 2.20. The van der Waals surface area contributed by atoms with Crippen LogP contribution in [0.5, 0.6) is 0 Å². The molecular weight excluding hydrogens is 196 g/mol. The van der Waals surface area contributed by atoms with Crippen molar-refractivity contribution in [1.29, 1.82) is 0 Å². The van der Waals surface area contributed by atoms with Crippen LogP contribution in [0.4, 0.5) is 0 Å². The van der Waals surface area contributed by atoms with E-state index in [1.807, 2.05) is 0 Å². The minimum absolute atomic E-state index is 0.491. The zero-order valence-corrected chi connectivity index (χ0v) is 10.7. The molecule has 0 amide bonds. The molecule has 0 saturated heterocycles. The molecule has 0 spiro atoms. The normalized spacial score (nSPS) is 13.4. The number of nitrogens with zero attached hydrogens (tertiary/aromatic N) is 1. The highest BCUT2D eigenvalue weighted by atomic mass is 15.2. The highest BCUT2D eigenvalue weighted by Crippen LogP contribution is 2.25. The van der Waals surface area contributed by atoms with E-state index in [2.05, 4.69) is 56.0 Å². The van der Waals surface area contributed by atoms with Crippen molar-refractivity contribution in [2.75, 3.05) is 13.1 Å². The zero-order valence-electron chi connectivity index (χ0n) is 10.7. The quantitative estimate of drug-likeness (QED) is 0.798. The molecule has 0 unspecified atom stereocenters. The van der Waals surface area contributed by atoms with E-state index in [0.29, 0.717) is 12.1 Å². The van der Waals surface area contributed by atoms with Crippen LogP contribution in [0.1, 0.15) is 38.8 Å². The van der Waals surface area contributed by atoms with E-state index in [-0.39, 0.29) is 0 Å². The van der Waals surface area contributed by atoms with Crippen molar-refractivity contribution < 1.29 is 0 Å². The molecule has 90 valence electrons. The fourth-order valence-electron chi connectivity index (χ4n) is 2.26. The predicted molar refractivity (Wildman–Crippen MR) is 70.4 cm³/mol. The summed E-state index contributed by atoms with van der Waals surface area (Å²) in [4.78, 5) is 2.48. The summed E-state index contributed by atoms with van der Waals surface area (Å²) in [5.74, 6) is 0. The minimum Gasteiger partial charge on any atom is -0.329 e. The summed E-state index contributed by atoms with van der Waals surface area (Å²) in [5.41, 5.74) is 7.09. The van der Waals surface area contributed by atoms with Gasteiger partial charge in [-0.1, -0.05) is 37.3 Å². The Labute approximate surface area is 99.5 Å². The van der Waals surface area contributed by atoms with Crippen LogP contribution in [0.2, 0.25) is 0 Å². The second-order valence-electron chi connectivity index (χ2n) is 4.45. The van der Waals surface area contributed by atoms with E-state index in [4.69, 9.17) is 5.73 Å². The summed E-state index contributed by atoms with van der Waals surface area (Å²) < 4.78 is 0. The third kappa shape index (κ3) is 3.32. The van der Waals surface area contributed by atoms with E-state index < -0.39 is 0 Å². The van der Waals surface area contributed by atoms with E-state index in [0.717, 1.165) is 19.5 Å². The third-order valence-corrected chi connectivity index (χ3v) is 3.02. The lowest BCUT2D eigenvalue weighted by atomic mass is 10.0.